The lowest BCUT2D eigenvalue weighted by Gasteiger charge is -1.88. The molecule has 19 heavy (non-hydrogen) atoms. The molecule has 2 aromatic rings. The molecule has 4 N–H and O–H groups in total. The van der Waals surface area contributed by atoms with Crippen LogP contribution in [0.5, 0.6) is 0 Å². The number of nitrogens with zero attached hydrogens (tertiary/aromatic N) is 6. The quantitative estimate of drug-likeness (QED) is 0.362. The van der Waals surface area contributed by atoms with Crippen molar-refractivity contribution in [3.05, 3.63) is 31.9 Å². The van der Waals surface area contributed by atoms with Gasteiger partial charge in [-0.3, -0.25) is 0 Å². The van der Waals surface area contributed by atoms with Crippen LogP contribution in [0.25, 0.3) is 0 Å². The molecule has 0 aliphatic carbocycles. The Bertz CT molecular complexity index is 550. The Hall–Kier alpha value is -3.32. The second-order valence-corrected chi connectivity index (χ2v) is 3.12. The van der Waals surface area contributed by atoms with E-state index >= 15 is 0 Å². The van der Waals surface area contributed by atoms with Gasteiger partial charge in [-0.2, -0.15) is 20.2 Å². The van der Waals surface area contributed by atoms with Gasteiger partial charge in [0.05, 0.1) is 6.42 Å². The zero-order valence-corrected chi connectivity index (χ0v) is 9.02. The minimum absolute atomic E-state index is 0.0474. The van der Waals surface area contributed by atoms with Crippen molar-refractivity contribution in [3.8, 4) is 0 Å². The van der Waals surface area contributed by atoms with Gasteiger partial charge in [-0.05, 0) is 0 Å². The van der Waals surface area contributed by atoms with Gasteiger partial charge in [0.2, 0.25) is 0 Å². The normalized spacial score (nSPS) is 10.1. The molecule has 14 nitrogen and oxygen atoms in total. The number of anilines is 2. The SMILES string of the molecule is O=[N+]([O-])Nc1nc(Cc2n[nH]c(N[N+](=O)[O-])n2)n[nH]1. The van der Waals surface area contributed by atoms with Crippen LogP contribution in [0.1, 0.15) is 11.6 Å². The van der Waals surface area contributed by atoms with Gasteiger partial charge < -0.3 is 0 Å². The van der Waals surface area contributed by atoms with E-state index in [1.807, 2.05) is 0 Å². The van der Waals surface area contributed by atoms with Crippen molar-refractivity contribution in [2.24, 2.45) is 0 Å². The lowest BCUT2D eigenvalue weighted by atomic mass is 10.4. The maximum Gasteiger partial charge on any atom is 0.281 e. The van der Waals surface area contributed by atoms with Crippen molar-refractivity contribution in [1.82, 2.24) is 30.4 Å². The molecule has 100 valence electrons. The van der Waals surface area contributed by atoms with E-state index in [9.17, 15) is 20.2 Å². The summed E-state index contributed by atoms with van der Waals surface area (Å²) in [5, 5.41) is 30.7. The molecular weight excluding hydrogens is 264 g/mol. The van der Waals surface area contributed by atoms with E-state index in [0.29, 0.717) is 0 Å². The highest BCUT2D eigenvalue weighted by atomic mass is 16.7. The fourth-order valence-corrected chi connectivity index (χ4v) is 1.17. The molecule has 0 spiro atoms. The molecule has 0 unspecified atom stereocenters. The van der Waals surface area contributed by atoms with Crippen LogP contribution < -0.4 is 10.9 Å². The van der Waals surface area contributed by atoms with Crippen molar-refractivity contribution in [2.75, 3.05) is 10.9 Å². The highest BCUT2D eigenvalue weighted by Crippen LogP contribution is 2.05. The smallest absolute Gasteiger partial charge is 0.241 e. The molecule has 2 rings (SSSR count). The number of hydrogen-bond acceptors (Lipinski definition) is 8. The van der Waals surface area contributed by atoms with E-state index in [-0.39, 0.29) is 30.0 Å². The number of hydrogen-bond donors (Lipinski definition) is 4. The number of aromatic amines is 2. The molecule has 0 bridgehead atoms. The van der Waals surface area contributed by atoms with Crippen molar-refractivity contribution in [2.45, 2.75) is 6.42 Å². The van der Waals surface area contributed by atoms with Gasteiger partial charge in [0.25, 0.3) is 11.9 Å². The molecule has 0 atom stereocenters. The summed E-state index contributed by atoms with van der Waals surface area (Å²) in [5.41, 5.74) is 3.57. The molecular formula is C5H6N10O4. The van der Waals surface area contributed by atoms with Gasteiger partial charge >= 0.3 is 0 Å². The van der Waals surface area contributed by atoms with E-state index in [1.54, 1.807) is 10.9 Å². The standard InChI is InChI=1S/C5H6N10O4/c16-14(17)12-4-6-2(8-10-4)1-3-7-5(11-9-3)13-15(18)19/h1H2,(H2,6,8,10,12)(H2,7,9,11,13). The molecule has 0 aromatic carbocycles. The second kappa shape index (κ2) is 4.90. The van der Waals surface area contributed by atoms with Gasteiger partial charge in [0, 0.05) is 0 Å². The molecule has 0 amide bonds. The van der Waals surface area contributed by atoms with Crippen molar-refractivity contribution < 1.29 is 10.1 Å². The maximum absolute atomic E-state index is 10.1. The first-order chi connectivity index (χ1) is 9.02. The minimum atomic E-state index is -0.795. The number of rotatable bonds is 6. The highest BCUT2D eigenvalue weighted by molar-refractivity contribution is 5.21. The summed E-state index contributed by atoms with van der Waals surface area (Å²) in [6, 6.07) is 0. The Morgan fingerprint density at radius 2 is 1.37 bits per heavy atom. The highest BCUT2D eigenvalue weighted by Gasteiger charge is 2.12. The topological polar surface area (TPSA) is 193 Å². The van der Waals surface area contributed by atoms with Crippen LogP contribution in [0.15, 0.2) is 0 Å². The molecule has 0 aliphatic heterocycles. The largest absolute Gasteiger partial charge is 0.281 e. The predicted octanol–water partition coefficient (Wildman–Crippen LogP) is -1.28. The number of nitrogens with one attached hydrogen (secondary N) is 4. The summed E-state index contributed by atoms with van der Waals surface area (Å²) in [5.74, 6) is 0.102. The number of H-pyrrole nitrogens is 2. The summed E-state index contributed by atoms with van der Waals surface area (Å²) >= 11 is 0. The third-order valence-electron chi connectivity index (χ3n) is 1.77. The number of aromatic nitrogens is 6. The van der Waals surface area contributed by atoms with Gasteiger partial charge in [-0.15, -0.1) is 0 Å². The number of nitro groups is 2. The van der Waals surface area contributed by atoms with E-state index in [2.05, 4.69) is 30.4 Å². The first-order valence-corrected chi connectivity index (χ1v) is 4.67. The van der Waals surface area contributed by atoms with Crippen LogP contribution in [-0.2, 0) is 6.42 Å². The Labute approximate surface area is 102 Å². The Balaban J connectivity index is 2.00. The predicted molar refractivity (Wildman–Crippen MR) is 56.8 cm³/mol. The van der Waals surface area contributed by atoms with E-state index in [0.717, 1.165) is 0 Å². The van der Waals surface area contributed by atoms with Gasteiger partial charge in [-0.1, -0.05) is 10.9 Å². The average molecular weight is 270 g/mol. The molecule has 0 fully saturated rings. The molecule has 2 aromatic heterocycles. The number of hydrazine groups is 2. The van der Waals surface area contributed by atoms with Crippen LogP contribution in [0, 0.1) is 20.2 Å². The average Bonchev–Trinajstić information content (AvgIpc) is 2.88. The zero-order valence-electron chi connectivity index (χ0n) is 9.02. The van der Waals surface area contributed by atoms with E-state index in [1.165, 1.54) is 0 Å². The van der Waals surface area contributed by atoms with Crippen LogP contribution in [0.3, 0.4) is 0 Å². The summed E-state index contributed by atoms with van der Waals surface area (Å²) in [6.07, 6.45) is 0.0474. The molecule has 2 heterocycles. The van der Waals surface area contributed by atoms with Crippen LogP contribution in [0.2, 0.25) is 0 Å². The van der Waals surface area contributed by atoms with E-state index < -0.39 is 10.1 Å². The first-order valence-electron chi connectivity index (χ1n) is 4.67. The molecule has 0 saturated heterocycles. The van der Waals surface area contributed by atoms with Gasteiger partial charge in [-0.25, -0.2) is 30.4 Å². The Kier molecular flexibility index (Phi) is 3.13. The van der Waals surface area contributed by atoms with Gasteiger partial charge in [0.15, 0.2) is 21.7 Å². The summed E-state index contributed by atoms with van der Waals surface area (Å²) in [7, 11) is 0. The molecule has 0 saturated carbocycles. The lowest BCUT2D eigenvalue weighted by molar-refractivity contribution is -0.446. The monoisotopic (exact) mass is 270 g/mol. The van der Waals surface area contributed by atoms with Crippen LogP contribution in [-0.4, -0.2) is 40.4 Å². The maximum atomic E-state index is 10.1. The molecule has 0 aliphatic rings. The van der Waals surface area contributed by atoms with Crippen LogP contribution >= 0.6 is 0 Å². The van der Waals surface area contributed by atoms with E-state index in [4.69, 9.17) is 0 Å². The lowest BCUT2D eigenvalue weighted by Crippen LogP contribution is -2.09. The van der Waals surface area contributed by atoms with Crippen LogP contribution in [0.4, 0.5) is 11.9 Å². The van der Waals surface area contributed by atoms with Crippen molar-refractivity contribution in [1.29, 1.82) is 0 Å². The minimum Gasteiger partial charge on any atom is -0.241 e. The zero-order chi connectivity index (χ0) is 13.8. The third-order valence-corrected chi connectivity index (χ3v) is 1.77. The molecule has 0 radical (unpaired) electrons. The van der Waals surface area contributed by atoms with Crippen molar-refractivity contribution >= 4 is 11.9 Å². The summed E-state index contributed by atoms with van der Waals surface area (Å²) in [6.45, 7) is 0. The second-order valence-electron chi connectivity index (χ2n) is 3.12. The van der Waals surface area contributed by atoms with Crippen molar-refractivity contribution in [3.63, 3.8) is 0 Å². The van der Waals surface area contributed by atoms with Gasteiger partial charge in [0.1, 0.15) is 0 Å². The Morgan fingerprint density at radius 1 is 0.947 bits per heavy atom. The Morgan fingerprint density at radius 3 is 1.74 bits per heavy atom. The summed E-state index contributed by atoms with van der Waals surface area (Å²) in [4.78, 5) is 27.8. The molecule has 14 heteroatoms. The third kappa shape index (κ3) is 3.32. The first kappa shape index (κ1) is 12.1. The fourth-order valence-electron chi connectivity index (χ4n) is 1.17. The summed E-state index contributed by atoms with van der Waals surface area (Å²) < 4.78 is 0. The fraction of sp³-hybridized carbons (Fsp3) is 0.200.